The van der Waals surface area contributed by atoms with Gasteiger partial charge in [0.1, 0.15) is 4.21 Å². The molecule has 6 heteroatoms. The highest BCUT2D eigenvalue weighted by Gasteiger charge is 2.33. The Kier molecular flexibility index (Phi) is 4.89. The molecule has 0 aromatic carbocycles. The zero-order valence-corrected chi connectivity index (χ0v) is 14.0. The van der Waals surface area contributed by atoms with Crippen LogP contribution >= 0.6 is 11.3 Å². The van der Waals surface area contributed by atoms with Crippen molar-refractivity contribution in [2.75, 3.05) is 6.54 Å². The lowest BCUT2D eigenvalue weighted by Gasteiger charge is -2.38. The summed E-state index contributed by atoms with van der Waals surface area (Å²) in [5, 5.41) is 5.20. The molecular formula is C14H24N2O2S2. The predicted molar refractivity (Wildman–Crippen MR) is 83.4 cm³/mol. The molecule has 0 unspecified atom stereocenters. The minimum absolute atomic E-state index is 0.159. The zero-order valence-electron chi connectivity index (χ0n) is 12.4. The van der Waals surface area contributed by atoms with Crippen molar-refractivity contribution in [3.63, 3.8) is 0 Å². The van der Waals surface area contributed by atoms with Crippen LogP contribution in [0.1, 0.15) is 45.6 Å². The van der Waals surface area contributed by atoms with Crippen LogP contribution in [0.3, 0.4) is 0 Å². The first-order valence-corrected chi connectivity index (χ1v) is 9.47. The van der Waals surface area contributed by atoms with E-state index in [1.165, 1.54) is 17.8 Å². The van der Waals surface area contributed by atoms with Crippen molar-refractivity contribution < 1.29 is 8.42 Å². The van der Waals surface area contributed by atoms with Crippen LogP contribution in [0.2, 0.25) is 0 Å². The Morgan fingerprint density at radius 2 is 2.10 bits per heavy atom. The molecule has 0 atom stereocenters. The first-order chi connectivity index (χ1) is 9.31. The van der Waals surface area contributed by atoms with Gasteiger partial charge in [-0.05, 0) is 35.3 Å². The molecule has 0 spiro atoms. The number of rotatable bonds is 7. The molecule has 4 nitrogen and oxygen atoms in total. The van der Waals surface area contributed by atoms with E-state index < -0.39 is 10.0 Å². The summed E-state index contributed by atoms with van der Waals surface area (Å²) in [7, 11) is -3.35. The second-order valence-electron chi connectivity index (χ2n) is 6.30. The molecule has 1 heterocycles. The Balaban J connectivity index is 1.95. The van der Waals surface area contributed by atoms with E-state index in [4.69, 9.17) is 0 Å². The number of thiophene rings is 1. The zero-order chi connectivity index (χ0) is 14.8. The molecule has 1 aromatic rings. The monoisotopic (exact) mass is 316 g/mol. The van der Waals surface area contributed by atoms with Crippen molar-refractivity contribution in [3.05, 3.63) is 17.0 Å². The van der Waals surface area contributed by atoms with Crippen molar-refractivity contribution in [1.29, 1.82) is 0 Å². The summed E-state index contributed by atoms with van der Waals surface area (Å²) in [4.78, 5) is 0. The van der Waals surface area contributed by atoms with Crippen LogP contribution in [0.25, 0.3) is 0 Å². The third-order valence-corrected chi connectivity index (χ3v) is 6.75. The maximum Gasteiger partial charge on any atom is 0.250 e. The summed E-state index contributed by atoms with van der Waals surface area (Å²) in [5.41, 5.74) is 1.19. The highest BCUT2D eigenvalue weighted by Crippen LogP contribution is 2.39. The van der Waals surface area contributed by atoms with Crippen molar-refractivity contribution in [1.82, 2.24) is 10.0 Å². The van der Waals surface area contributed by atoms with Crippen molar-refractivity contribution >= 4 is 21.4 Å². The van der Waals surface area contributed by atoms with E-state index >= 15 is 0 Å². The van der Waals surface area contributed by atoms with Crippen molar-refractivity contribution in [3.8, 4) is 0 Å². The van der Waals surface area contributed by atoms with E-state index in [1.807, 2.05) is 5.38 Å². The third kappa shape index (κ3) is 4.04. The van der Waals surface area contributed by atoms with Crippen LogP contribution in [-0.2, 0) is 16.6 Å². The molecule has 1 aromatic heterocycles. The van der Waals surface area contributed by atoms with Gasteiger partial charge >= 0.3 is 0 Å². The summed E-state index contributed by atoms with van der Waals surface area (Å²) < 4.78 is 27.7. The van der Waals surface area contributed by atoms with Crippen molar-refractivity contribution in [2.24, 2.45) is 5.41 Å². The summed E-state index contributed by atoms with van der Waals surface area (Å²) in [5.74, 6) is 0. The standard InChI is InChI=1S/C14H24N2O2S2/c1-11(2)15-8-12-7-13(19-9-12)20(17,18)16-10-14(3)5-4-6-14/h7,9,11,15-16H,4-6,8,10H2,1-3H3. The van der Waals surface area contributed by atoms with E-state index in [1.54, 1.807) is 6.07 Å². The molecule has 0 saturated heterocycles. The minimum atomic E-state index is -3.35. The van der Waals surface area contributed by atoms with E-state index in [9.17, 15) is 8.42 Å². The van der Waals surface area contributed by atoms with E-state index in [0.717, 1.165) is 18.4 Å². The van der Waals surface area contributed by atoms with Gasteiger partial charge in [0.15, 0.2) is 0 Å². The Morgan fingerprint density at radius 3 is 2.65 bits per heavy atom. The molecule has 1 fully saturated rings. The topological polar surface area (TPSA) is 58.2 Å². The van der Waals surface area contributed by atoms with E-state index in [2.05, 4.69) is 30.8 Å². The van der Waals surface area contributed by atoms with Crippen LogP contribution < -0.4 is 10.0 Å². The quantitative estimate of drug-likeness (QED) is 0.813. The van der Waals surface area contributed by atoms with E-state index in [-0.39, 0.29) is 5.41 Å². The maximum atomic E-state index is 12.2. The van der Waals surface area contributed by atoms with Gasteiger partial charge in [0.25, 0.3) is 0 Å². The fourth-order valence-corrected chi connectivity index (χ4v) is 4.66. The normalized spacial score (nSPS) is 18.2. The van der Waals surface area contributed by atoms with Gasteiger partial charge < -0.3 is 5.32 Å². The lowest BCUT2D eigenvalue weighted by Crippen LogP contribution is -2.39. The summed E-state index contributed by atoms with van der Waals surface area (Å²) in [6, 6.07) is 2.16. The van der Waals surface area contributed by atoms with Gasteiger partial charge in [-0.15, -0.1) is 11.3 Å². The molecule has 1 aliphatic rings. The van der Waals surface area contributed by atoms with Gasteiger partial charge in [0.2, 0.25) is 10.0 Å². The molecule has 0 amide bonds. The smallest absolute Gasteiger partial charge is 0.250 e. The molecule has 1 saturated carbocycles. The third-order valence-electron chi connectivity index (χ3n) is 3.86. The second-order valence-corrected chi connectivity index (χ2v) is 9.20. The Hall–Kier alpha value is -0.430. The van der Waals surface area contributed by atoms with Gasteiger partial charge in [-0.1, -0.05) is 27.2 Å². The van der Waals surface area contributed by atoms with Crippen LogP contribution in [0.15, 0.2) is 15.7 Å². The van der Waals surface area contributed by atoms with Crippen LogP contribution in [-0.4, -0.2) is 21.0 Å². The average Bonchev–Trinajstić information content (AvgIpc) is 2.81. The first-order valence-electron chi connectivity index (χ1n) is 7.11. The first kappa shape index (κ1) is 15.9. The maximum absolute atomic E-state index is 12.2. The highest BCUT2D eigenvalue weighted by molar-refractivity contribution is 7.91. The average molecular weight is 316 g/mol. The van der Waals surface area contributed by atoms with Gasteiger partial charge in [-0.2, -0.15) is 0 Å². The Morgan fingerprint density at radius 1 is 1.40 bits per heavy atom. The number of hydrogen-bond donors (Lipinski definition) is 2. The second kappa shape index (κ2) is 6.13. The lowest BCUT2D eigenvalue weighted by atomic mass is 9.71. The Bertz CT molecular complexity index is 545. The van der Waals surface area contributed by atoms with Gasteiger partial charge in [-0.25, -0.2) is 13.1 Å². The van der Waals surface area contributed by atoms with Crippen LogP contribution in [0.4, 0.5) is 0 Å². The van der Waals surface area contributed by atoms with Gasteiger partial charge in [-0.3, -0.25) is 0 Å². The lowest BCUT2D eigenvalue weighted by molar-refractivity contribution is 0.166. The number of hydrogen-bond acceptors (Lipinski definition) is 4. The molecule has 0 radical (unpaired) electrons. The fourth-order valence-electron chi connectivity index (χ4n) is 2.21. The molecule has 0 bridgehead atoms. The fraction of sp³-hybridized carbons (Fsp3) is 0.714. The molecular weight excluding hydrogens is 292 g/mol. The SMILES string of the molecule is CC(C)NCc1csc(S(=O)(=O)NCC2(C)CCC2)c1. The molecule has 0 aliphatic heterocycles. The molecule has 114 valence electrons. The van der Waals surface area contributed by atoms with Crippen LogP contribution in [0, 0.1) is 5.41 Å². The molecule has 1 aliphatic carbocycles. The largest absolute Gasteiger partial charge is 0.310 e. The number of sulfonamides is 1. The summed E-state index contributed by atoms with van der Waals surface area (Å²) in [6.45, 7) is 7.55. The molecule has 2 rings (SSSR count). The predicted octanol–water partition coefficient (Wildman–Crippen LogP) is 2.71. The summed E-state index contributed by atoms with van der Waals surface area (Å²) in [6.07, 6.45) is 3.44. The highest BCUT2D eigenvalue weighted by atomic mass is 32.2. The molecule has 20 heavy (non-hydrogen) atoms. The Labute approximate surface area is 126 Å². The molecule has 2 N–H and O–H groups in total. The number of nitrogens with one attached hydrogen (secondary N) is 2. The van der Waals surface area contributed by atoms with Crippen LogP contribution in [0.5, 0.6) is 0 Å². The van der Waals surface area contributed by atoms with Crippen molar-refractivity contribution in [2.45, 2.75) is 56.8 Å². The summed E-state index contributed by atoms with van der Waals surface area (Å²) >= 11 is 1.29. The van der Waals surface area contributed by atoms with Gasteiger partial charge in [0, 0.05) is 19.1 Å². The van der Waals surface area contributed by atoms with Gasteiger partial charge in [0.05, 0.1) is 0 Å². The van der Waals surface area contributed by atoms with E-state index in [0.29, 0.717) is 23.3 Å². The minimum Gasteiger partial charge on any atom is -0.310 e.